The second-order valence-electron chi connectivity index (χ2n) is 9.42. The summed E-state index contributed by atoms with van der Waals surface area (Å²) >= 11 is 0. The van der Waals surface area contributed by atoms with Crippen molar-refractivity contribution < 1.29 is 9.18 Å². The molecular weight excluding hydrogens is 481 g/mol. The van der Waals surface area contributed by atoms with E-state index in [4.69, 9.17) is 0 Å². The molecule has 0 spiro atoms. The molecule has 190 valence electrons. The zero-order valence-electron chi connectivity index (χ0n) is 20.8. The van der Waals surface area contributed by atoms with E-state index in [1.54, 1.807) is 30.5 Å². The minimum Gasteiger partial charge on any atom is -0.337 e. The number of amides is 1. The Kier molecular flexibility index (Phi) is 6.27. The average Bonchev–Trinajstić information content (AvgIpc) is 3.57. The molecule has 1 amide bonds. The summed E-state index contributed by atoms with van der Waals surface area (Å²) in [6.45, 7) is 1.03. The van der Waals surface area contributed by atoms with Gasteiger partial charge in [0, 0.05) is 28.8 Å². The van der Waals surface area contributed by atoms with Gasteiger partial charge in [-0.15, -0.1) is 0 Å². The van der Waals surface area contributed by atoms with E-state index in [2.05, 4.69) is 42.7 Å². The summed E-state index contributed by atoms with van der Waals surface area (Å²) < 4.78 is 14.5. The van der Waals surface area contributed by atoms with Gasteiger partial charge in [0.15, 0.2) is 0 Å². The number of likely N-dealkylation sites (N-methyl/N-ethyl adjacent to an activating group) is 1. The molecule has 1 aliphatic rings. The molecule has 1 unspecified atom stereocenters. The van der Waals surface area contributed by atoms with Crippen LogP contribution in [0.25, 0.3) is 32.9 Å². The monoisotopic (exact) mass is 507 g/mol. The number of aromatic amines is 1. The third kappa shape index (κ3) is 4.59. The maximum absolute atomic E-state index is 14.5. The van der Waals surface area contributed by atoms with Gasteiger partial charge in [-0.1, -0.05) is 30.3 Å². The number of hydrogen-bond acceptors (Lipinski definition) is 6. The molecule has 1 saturated heterocycles. The second-order valence-corrected chi connectivity index (χ2v) is 9.42. The standard InChI is InChI=1S/C29H26FN7O/c1-37-14-4-5-20(37)10-13-26(38)34-24-12-11-23-28(27(24)18-8-9-19-16-33-36-25(19)15-18)29(32-17-31-23)35-22-7-3-2-6-21(22)30/h2-3,6-13,15-17,20H,4-5,14H2,1H3,(H,33,36)(H,34,38)(H,31,32,35)/b13-10+. The minimum atomic E-state index is -0.397. The van der Waals surface area contributed by atoms with Crippen molar-refractivity contribution in [3.8, 4) is 11.1 Å². The zero-order valence-corrected chi connectivity index (χ0v) is 20.8. The maximum Gasteiger partial charge on any atom is 0.248 e. The molecule has 0 bridgehead atoms. The summed E-state index contributed by atoms with van der Waals surface area (Å²) in [5.41, 5.74) is 3.94. The first-order valence-electron chi connectivity index (χ1n) is 12.5. The molecule has 1 fully saturated rings. The van der Waals surface area contributed by atoms with Crippen molar-refractivity contribution >= 4 is 44.9 Å². The Labute approximate surface area is 218 Å². The molecule has 9 heteroatoms. The van der Waals surface area contributed by atoms with E-state index >= 15 is 0 Å². The molecule has 5 aromatic rings. The smallest absolute Gasteiger partial charge is 0.248 e. The fraction of sp³-hybridized carbons (Fsp3) is 0.172. The quantitative estimate of drug-likeness (QED) is 0.257. The van der Waals surface area contributed by atoms with Crippen LogP contribution < -0.4 is 10.6 Å². The third-order valence-electron chi connectivity index (χ3n) is 6.97. The van der Waals surface area contributed by atoms with E-state index in [0.717, 1.165) is 41.4 Å². The highest BCUT2D eigenvalue weighted by molar-refractivity contribution is 6.12. The topological polar surface area (TPSA) is 98.8 Å². The van der Waals surface area contributed by atoms with Crippen molar-refractivity contribution in [1.82, 2.24) is 25.1 Å². The number of nitrogens with one attached hydrogen (secondary N) is 3. The lowest BCUT2D eigenvalue weighted by molar-refractivity contribution is -0.111. The molecule has 8 nitrogen and oxygen atoms in total. The largest absolute Gasteiger partial charge is 0.337 e. The number of benzene rings is 3. The van der Waals surface area contributed by atoms with Gasteiger partial charge in [0.2, 0.25) is 5.91 Å². The summed E-state index contributed by atoms with van der Waals surface area (Å²) in [5, 5.41) is 14.9. The van der Waals surface area contributed by atoms with Crippen LogP contribution in [0.2, 0.25) is 0 Å². The predicted octanol–water partition coefficient (Wildman–Crippen LogP) is 5.64. The third-order valence-corrected chi connectivity index (χ3v) is 6.97. The molecule has 2 aromatic heterocycles. The Balaban J connectivity index is 1.47. The number of carbonyl (C=O) groups excluding carboxylic acids is 1. The van der Waals surface area contributed by atoms with Crippen LogP contribution in [0, 0.1) is 5.82 Å². The normalized spacial score (nSPS) is 16.0. The Morgan fingerprint density at radius 2 is 2.03 bits per heavy atom. The van der Waals surface area contributed by atoms with Crippen LogP contribution in [-0.2, 0) is 4.79 Å². The van der Waals surface area contributed by atoms with Crippen LogP contribution in [0.4, 0.5) is 21.6 Å². The number of H-pyrrole nitrogens is 1. The van der Waals surface area contributed by atoms with Crippen LogP contribution in [0.1, 0.15) is 12.8 Å². The zero-order chi connectivity index (χ0) is 26.1. The molecule has 0 saturated carbocycles. The summed E-state index contributed by atoms with van der Waals surface area (Å²) in [5.74, 6) is -0.195. The van der Waals surface area contributed by atoms with Gasteiger partial charge in [-0.3, -0.25) is 14.8 Å². The van der Waals surface area contributed by atoms with Gasteiger partial charge in [-0.05, 0) is 62.3 Å². The highest BCUT2D eigenvalue weighted by Gasteiger charge is 2.20. The number of para-hydroxylation sites is 1. The Morgan fingerprint density at radius 1 is 1.13 bits per heavy atom. The first kappa shape index (κ1) is 23.7. The van der Waals surface area contributed by atoms with Crippen molar-refractivity contribution in [3.05, 3.63) is 85.1 Å². The average molecular weight is 508 g/mol. The summed E-state index contributed by atoms with van der Waals surface area (Å²) in [6.07, 6.45) is 8.90. The summed E-state index contributed by atoms with van der Waals surface area (Å²) in [4.78, 5) is 24.2. The van der Waals surface area contributed by atoms with Gasteiger partial charge in [0.25, 0.3) is 0 Å². The van der Waals surface area contributed by atoms with E-state index in [9.17, 15) is 9.18 Å². The van der Waals surface area contributed by atoms with Gasteiger partial charge in [0.1, 0.15) is 18.0 Å². The number of rotatable bonds is 6. The van der Waals surface area contributed by atoms with Gasteiger partial charge >= 0.3 is 0 Å². The van der Waals surface area contributed by atoms with Crippen LogP contribution in [-0.4, -0.2) is 50.6 Å². The molecule has 3 N–H and O–H groups in total. The molecule has 0 radical (unpaired) electrons. The van der Waals surface area contributed by atoms with Gasteiger partial charge < -0.3 is 10.6 Å². The van der Waals surface area contributed by atoms with Crippen molar-refractivity contribution in [2.75, 3.05) is 24.2 Å². The summed E-state index contributed by atoms with van der Waals surface area (Å²) in [6, 6.07) is 16.2. The highest BCUT2D eigenvalue weighted by atomic mass is 19.1. The molecule has 0 aliphatic carbocycles. The van der Waals surface area contributed by atoms with E-state index < -0.39 is 5.82 Å². The lowest BCUT2D eigenvalue weighted by Gasteiger charge is -2.17. The number of anilines is 3. The number of halogens is 1. The molecule has 6 rings (SSSR count). The number of nitrogens with zero attached hydrogens (tertiary/aromatic N) is 4. The van der Waals surface area contributed by atoms with Crippen molar-refractivity contribution in [1.29, 1.82) is 0 Å². The van der Waals surface area contributed by atoms with Crippen molar-refractivity contribution in [2.45, 2.75) is 18.9 Å². The number of fused-ring (bicyclic) bond motifs is 2. The second kappa shape index (κ2) is 10.0. The molecule has 3 aromatic carbocycles. The summed E-state index contributed by atoms with van der Waals surface area (Å²) in [7, 11) is 2.07. The number of carbonyl (C=O) groups is 1. The lowest BCUT2D eigenvalue weighted by Crippen LogP contribution is -2.23. The maximum atomic E-state index is 14.5. The van der Waals surface area contributed by atoms with E-state index in [1.165, 1.54) is 12.4 Å². The molecular formula is C29H26FN7O. The van der Waals surface area contributed by atoms with Gasteiger partial charge in [-0.2, -0.15) is 5.10 Å². The highest BCUT2D eigenvalue weighted by Crippen LogP contribution is 2.40. The molecule has 3 heterocycles. The predicted molar refractivity (Wildman–Crippen MR) is 148 cm³/mol. The number of aromatic nitrogens is 4. The van der Waals surface area contributed by atoms with E-state index in [-0.39, 0.29) is 11.9 Å². The first-order valence-corrected chi connectivity index (χ1v) is 12.5. The van der Waals surface area contributed by atoms with Crippen molar-refractivity contribution in [3.63, 3.8) is 0 Å². The SMILES string of the molecule is CN1CCCC1/C=C/C(=O)Nc1ccc2ncnc(Nc3ccccc3F)c2c1-c1ccc2cn[nH]c2c1. The van der Waals surface area contributed by atoms with Crippen molar-refractivity contribution in [2.24, 2.45) is 0 Å². The fourth-order valence-corrected chi connectivity index (χ4v) is 4.99. The lowest BCUT2D eigenvalue weighted by atomic mass is 9.97. The number of hydrogen-bond donors (Lipinski definition) is 3. The Hall–Kier alpha value is -4.63. The molecule has 1 atom stereocenters. The van der Waals surface area contributed by atoms with E-state index in [1.807, 2.05) is 36.4 Å². The number of likely N-dealkylation sites (tertiary alicyclic amines) is 1. The Bertz CT molecular complexity index is 1680. The van der Waals surface area contributed by atoms with Gasteiger partial charge in [0.05, 0.1) is 28.3 Å². The first-order chi connectivity index (χ1) is 18.6. The van der Waals surface area contributed by atoms with Crippen LogP contribution in [0.3, 0.4) is 0 Å². The van der Waals surface area contributed by atoms with Gasteiger partial charge in [-0.25, -0.2) is 14.4 Å². The molecule has 38 heavy (non-hydrogen) atoms. The fourth-order valence-electron chi connectivity index (χ4n) is 4.99. The molecule has 1 aliphatic heterocycles. The van der Waals surface area contributed by atoms with Crippen LogP contribution in [0.5, 0.6) is 0 Å². The van der Waals surface area contributed by atoms with Crippen LogP contribution in [0.15, 0.2) is 79.3 Å². The minimum absolute atomic E-state index is 0.228. The van der Waals surface area contributed by atoms with Crippen LogP contribution >= 0.6 is 0 Å². The van der Waals surface area contributed by atoms with E-state index in [0.29, 0.717) is 28.1 Å². The Morgan fingerprint density at radius 3 is 2.87 bits per heavy atom.